The van der Waals surface area contributed by atoms with Gasteiger partial charge in [-0.2, -0.15) is 0 Å². The van der Waals surface area contributed by atoms with E-state index in [0.717, 1.165) is 60.7 Å². The zero-order valence-corrected chi connectivity index (χ0v) is 21.2. The summed E-state index contributed by atoms with van der Waals surface area (Å²) in [6, 6.07) is 19.6. The van der Waals surface area contributed by atoms with E-state index in [4.69, 9.17) is 4.98 Å². The number of fused-ring (bicyclic) bond motifs is 2. The molecule has 182 valence electrons. The lowest BCUT2D eigenvalue weighted by Gasteiger charge is -2.36. The molecule has 36 heavy (non-hydrogen) atoms. The molecule has 4 heterocycles. The number of hydrogen-bond acceptors (Lipinski definition) is 5. The predicted octanol–water partition coefficient (Wildman–Crippen LogP) is 5.56. The molecule has 0 aliphatic carbocycles. The molecule has 3 aromatic heterocycles. The smallest absolute Gasteiger partial charge is 0.161 e. The minimum absolute atomic E-state index is 0.148. The van der Waals surface area contributed by atoms with Crippen molar-refractivity contribution in [2.24, 2.45) is 0 Å². The normalized spacial score (nSPS) is 15.1. The van der Waals surface area contributed by atoms with E-state index in [1.54, 1.807) is 12.4 Å². The first-order chi connectivity index (χ1) is 17.4. The largest absolute Gasteiger partial charge is 0.366 e. The third kappa shape index (κ3) is 4.44. The Morgan fingerprint density at radius 2 is 1.58 bits per heavy atom. The molecule has 2 aromatic carbocycles. The van der Waals surface area contributed by atoms with Gasteiger partial charge >= 0.3 is 0 Å². The van der Waals surface area contributed by atoms with Crippen molar-refractivity contribution in [2.45, 2.75) is 32.7 Å². The molecule has 1 aliphatic rings. The zero-order chi connectivity index (χ0) is 24.7. The third-order valence-corrected chi connectivity index (χ3v) is 7.16. The van der Waals surface area contributed by atoms with Crippen LogP contribution in [-0.4, -0.2) is 50.4 Å². The maximum Gasteiger partial charge on any atom is 0.161 e. The zero-order valence-electron chi connectivity index (χ0n) is 21.2. The van der Waals surface area contributed by atoms with Crippen molar-refractivity contribution >= 4 is 22.4 Å². The number of rotatable bonds is 4. The van der Waals surface area contributed by atoms with Crippen molar-refractivity contribution in [2.75, 3.05) is 31.1 Å². The van der Waals surface area contributed by atoms with E-state index < -0.39 is 0 Å². The lowest BCUT2D eigenvalue weighted by Crippen LogP contribution is -2.46. The fourth-order valence-electron chi connectivity index (χ4n) is 5.04. The Morgan fingerprint density at radius 1 is 0.833 bits per heavy atom. The summed E-state index contributed by atoms with van der Waals surface area (Å²) < 4.78 is 2.16. The maximum absolute atomic E-state index is 5.06. The van der Waals surface area contributed by atoms with Gasteiger partial charge in [0.1, 0.15) is 0 Å². The average Bonchev–Trinajstić information content (AvgIpc) is 3.33. The average molecular weight is 477 g/mol. The second kappa shape index (κ2) is 9.03. The lowest BCUT2D eigenvalue weighted by molar-refractivity contribution is 0.250. The number of piperazine rings is 1. The van der Waals surface area contributed by atoms with Crippen molar-refractivity contribution < 1.29 is 0 Å². The summed E-state index contributed by atoms with van der Waals surface area (Å²) in [4.78, 5) is 18.9. The van der Waals surface area contributed by atoms with Gasteiger partial charge in [0.15, 0.2) is 5.65 Å². The van der Waals surface area contributed by atoms with Crippen LogP contribution in [0.15, 0.2) is 79.4 Å². The van der Waals surface area contributed by atoms with E-state index in [-0.39, 0.29) is 5.41 Å². The molecule has 6 nitrogen and oxygen atoms in total. The highest BCUT2D eigenvalue weighted by molar-refractivity contribution is 5.75. The second-order valence-corrected chi connectivity index (χ2v) is 10.7. The van der Waals surface area contributed by atoms with Crippen LogP contribution >= 0.6 is 0 Å². The van der Waals surface area contributed by atoms with Gasteiger partial charge in [0.25, 0.3) is 0 Å². The molecule has 0 bridgehead atoms. The molecule has 6 heteroatoms. The molecule has 0 N–H and O–H groups in total. The monoisotopic (exact) mass is 476 g/mol. The van der Waals surface area contributed by atoms with E-state index in [0.29, 0.717) is 0 Å². The van der Waals surface area contributed by atoms with Crippen LogP contribution in [0.4, 0.5) is 5.69 Å². The van der Waals surface area contributed by atoms with E-state index in [1.807, 2.05) is 0 Å². The molecule has 0 radical (unpaired) electrons. The standard InChI is InChI=1S/C30H32N6/c1-30(2,3)24-9-7-23(8-10-24)27-21-36-14-4-5-28(29(36)33-27)35-17-15-34(16-18-35)20-22-6-11-25-26(19-22)32-13-12-31-25/h4-14,19,21H,15-18,20H2,1-3H3. The van der Waals surface area contributed by atoms with Gasteiger partial charge in [-0.1, -0.05) is 51.1 Å². The highest BCUT2D eigenvalue weighted by Gasteiger charge is 2.21. The highest BCUT2D eigenvalue weighted by Crippen LogP contribution is 2.29. The van der Waals surface area contributed by atoms with Crippen LogP contribution in [0.25, 0.3) is 27.9 Å². The SMILES string of the molecule is CC(C)(C)c1ccc(-c2cn3cccc(N4CCN(Cc5ccc6nccnc6c5)CC4)c3n2)cc1. The first-order valence-electron chi connectivity index (χ1n) is 12.7. The Labute approximate surface area is 212 Å². The molecule has 5 aromatic rings. The molecule has 0 spiro atoms. The topological polar surface area (TPSA) is 49.6 Å². The van der Waals surface area contributed by atoms with Gasteiger partial charge in [-0.25, -0.2) is 4.98 Å². The fraction of sp³-hybridized carbons (Fsp3) is 0.300. The Kier molecular flexibility index (Phi) is 5.69. The minimum atomic E-state index is 0.148. The van der Waals surface area contributed by atoms with Crippen molar-refractivity contribution in [3.05, 3.63) is 90.5 Å². The van der Waals surface area contributed by atoms with Gasteiger partial charge in [-0.3, -0.25) is 14.9 Å². The summed E-state index contributed by atoms with van der Waals surface area (Å²) >= 11 is 0. The van der Waals surface area contributed by atoms with E-state index in [9.17, 15) is 0 Å². The highest BCUT2D eigenvalue weighted by atomic mass is 15.3. The summed E-state index contributed by atoms with van der Waals surface area (Å²) in [5.74, 6) is 0. The maximum atomic E-state index is 5.06. The number of anilines is 1. The van der Waals surface area contributed by atoms with Crippen LogP contribution in [0.5, 0.6) is 0 Å². The summed E-state index contributed by atoms with van der Waals surface area (Å²) in [5, 5.41) is 0. The van der Waals surface area contributed by atoms with Gasteiger partial charge < -0.3 is 9.30 Å². The predicted molar refractivity (Wildman–Crippen MR) is 146 cm³/mol. The van der Waals surface area contributed by atoms with Crippen LogP contribution in [0.2, 0.25) is 0 Å². The Balaban J connectivity index is 1.17. The molecule has 0 saturated carbocycles. The lowest BCUT2D eigenvalue weighted by atomic mass is 9.86. The van der Waals surface area contributed by atoms with E-state index >= 15 is 0 Å². The van der Waals surface area contributed by atoms with Crippen molar-refractivity contribution in [1.29, 1.82) is 0 Å². The number of benzene rings is 2. The fourth-order valence-corrected chi connectivity index (χ4v) is 5.04. The van der Waals surface area contributed by atoms with Crippen LogP contribution in [0.1, 0.15) is 31.9 Å². The third-order valence-electron chi connectivity index (χ3n) is 7.16. The summed E-state index contributed by atoms with van der Waals surface area (Å²) in [7, 11) is 0. The van der Waals surface area contributed by atoms with E-state index in [2.05, 4.69) is 112 Å². The molecular formula is C30H32N6. The molecule has 6 rings (SSSR count). The molecule has 1 aliphatic heterocycles. The Bertz CT molecular complexity index is 1500. The molecule has 0 atom stereocenters. The first kappa shape index (κ1) is 22.7. The van der Waals surface area contributed by atoms with Crippen LogP contribution in [-0.2, 0) is 12.0 Å². The number of hydrogen-bond donors (Lipinski definition) is 0. The van der Waals surface area contributed by atoms with Crippen molar-refractivity contribution in [1.82, 2.24) is 24.3 Å². The molecule has 0 amide bonds. The van der Waals surface area contributed by atoms with Crippen LogP contribution < -0.4 is 4.90 Å². The summed E-state index contributed by atoms with van der Waals surface area (Å²) in [6.45, 7) is 11.7. The van der Waals surface area contributed by atoms with Crippen molar-refractivity contribution in [3.63, 3.8) is 0 Å². The van der Waals surface area contributed by atoms with Crippen LogP contribution in [0, 0.1) is 0 Å². The van der Waals surface area contributed by atoms with Crippen LogP contribution in [0.3, 0.4) is 0 Å². The number of aromatic nitrogens is 4. The van der Waals surface area contributed by atoms with E-state index in [1.165, 1.54) is 16.8 Å². The Hall–Kier alpha value is -3.77. The molecular weight excluding hydrogens is 444 g/mol. The minimum Gasteiger partial charge on any atom is -0.366 e. The van der Waals surface area contributed by atoms with Crippen molar-refractivity contribution in [3.8, 4) is 11.3 Å². The summed E-state index contributed by atoms with van der Waals surface area (Å²) in [6.07, 6.45) is 7.74. The van der Waals surface area contributed by atoms with Gasteiger partial charge in [0, 0.05) is 63.1 Å². The quantitative estimate of drug-likeness (QED) is 0.340. The molecule has 1 fully saturated rings. The summed E-state index contributed by atoms with van der Waals surface area (Å²) in [5.41, 5.74) is 9.08. The molecule has 1 saturated heterocycles. The number of nitrogens with zero attached hydrogens (tertiary/aromatic N) is 6. The first-order valence-corrected chi connectivity index (χ1v) is 12.7. The number of imidazole rings is 1. The Morgan fingerprint density at radius 3 is 2.33 bits per heavy atom. The van der Waals surface area contributed by atoms with Gasteiger partial charge in [-0.05, 0) is 40.8 Å². The second-order valence-electron chi connectivity index (χ2n) is 10.7. The number of pyridine rings is 1. The van der Waals surface area contributed by atoms with Gasteiger partial charge in [0.05, 0.1) is 22.4 Å². The molecule has 0 unspecified atom stereocenters. The van der Waals surface area contributed by atoms with Gasteiger partial charge in [-0.15, -0.1) is 0 Å². The van der Waals surface area contributed by atoms with Gasteiger partial charge in [0.2, 0.25) is 0 Å².